The maximum atomic E-state index is 13.5. The van der Waals surface area contributed by atoms with E-state index in [1.807, 2.05) is 24.3 Å². The lowest BCUT2D eigenvalue weighted by atomic mass is 9.84. The van der Waals surface area contributed by atoms with E-state index in [1.165, 1.54) is 41.9 Å². The van der Waals surface area contributed by atoms with Crippen molar-refractivity contribution < 1.29 is 18.8 Å². The van der Waals surface area contributed by atoms with Crippen molar-refractivity contribution >= 4 is 40.6 Å². The minimum atomic E-state index is -0.830. The van der Waals surface area contributed by atoms with E-state index in [-0.39, 0.29) is 35.2 Å². The monoisotopic (exact) mass is 509 g/mol. The highest BCUT2D eigenvalue weighted by molar-refractivity contribution is 7.09. The molecule has 0 bridgehead atoms. The van der Waals surface area contributed by atoms with Crippen LogP contribution in [0.3, 0.4) is 0 Å². The zero-order chi connectivity index (χ0) is 25.7. The van der Waals surface area contributed by atoms with E-state index >= 15 is 0 Å². The zero-order valence-corrected chi connectivity index (χ0v) is 20.5. The van der Waals surface area contributed by atoms with Crippen molar-refractivity contribution in [3.8, 4) is 0 Å². The van der Waals surface area contributed by atoms with E-state index in [2.05, 4.69) is 9.69 Å². The fourth-order valence-electron chi connectivity index (χ4n) is 4.40. The van der Waals surface area contributed by atoms with Gasteiger partial charge in [0.1, 0.15) is 17.2 Å². The van der Waals surface area contributed by atoms with Crippen LogP contribution in [0.4, 0.5) is 15.8 Å². The average molecular weight is 510 g/mol. The smallest absolute Gasteiger partial charge is 0.272 e. The van der Waals surface area contributed by atoms with E-state index in [0.717, 1.165) is 29.9 Å². The highest BCUT2D eigenvalue weighted by Gasteiger charge is 2.27. The molecule has 3 amide bonds. The van der Waals surface area contributed by atoms with Crippen LogP contribution in [0.2, 0.25) is 0 Å². The number of hydrogen-bond acceptors (Lipinski definition) is 6. The Hall–Kier alpha value is -3.79. The van der Waals surface area contributed by atoms with Crippen molar-refractivity contribution in [2.75, 3.05) is 17.2 Å². The Morgan fingerprint density at radius 1 is 1.03 bits per heavy atom. The third-order valence-corrected chi connectivity index (χ3v) is 7.24. The molecule has 0 saturated heterocycles. The molecule has 1 aromatic heterocycles. The lowest BCUT2D eigenvalue weighted by Crippen LogP contribution is -2.40. The van der Waals surface area contributed by atoms with Gasteiger partial charge in [-0.05, 0) is 65.7 Å². The van der Waals surface area contributed by atoms with Gasteiger partial charge in [0.05, 0.1) is 5.69 Å². The largest absolute Gasteiger partial charge is 0.395 e. The molecular formula is C26H28FN5O3S. The minimum Gasteiger partial charge on any atom is -0.395 e. The lowest BCUT2D eigenvalue weighted by Gasteiger charge is -2.25. The number of aromatic nitrogens is 1. The minimum absolute atomic E-state index is 0.0338. The number of nitrogens with one attached hydrogen (secondary N) is 1. The molecule has 36 heavy (non-hydrogen) atoms. The highest BCUT2D eigenvalue weighted by Crippen LogP contribution is 2.34. The number of primary amides is 1. The first kappa shape index (κ1) is 25.3. The molecule has 2 aromatic carbocycles. The first-order chi connectivity index (χ1) is 17.3. The molecule has 4 rings (SSSR count). The Bertz CT molecular complexity index is 1240. The molecule has 0 radical (unpaired) electrons. The number of nitrogen functional groups attached to an aromatic ring is 1. The Kier molecular flexibility index (Phi) is 7.94. The Morgan fingerprint density at radius 3 is 2.31 bits per heavy atom. The summed E-state index contributed by atoms with van der Waals surface area (Å²) in [6, 6.07) is 13.4. The molecule has 0 spiro atoms. The van der Waals surface area contributed by atoms with E-state index < -0.39 is 17.7 Å². The molecule has 8 nitrogen and oxygen atoms in total. The molecule has 1 heterocycles. The molecule has 3 aromatic rings. The number of nitrogens with two attached hydrogens (primary N) is 2. The van der Waals surface area contributed by atoms with Crippen molar-refractivity contribution in [3.05, 3.63) is 76.0 Å². The fraction of sp³-hybridized carbons (Fsp3) is 0.308. The lowest BCUT2D eigenvalue weighted by molar-refractivity contribution is -0.119. The number of benzene rings is 2. The van der Waals surface area contributed by atoms with Crippen LogP contribution in [0.25, 0.3) is 0 Å². The van der Waals surface area contributed by atoms with Gasteiger partial charge in [-0.2, -0.15) is 4.37 Å². The molecule has 1 aliphatic carbocycles. The van der Waals surface area contributed by atoms with Crippen LogP contribution in [0.1, 0.15) is 69.3 Å². The fourth-order valence-corrected chi connectivity index (χ4v) is 5.15. The molecule has 188 valence electrons. The molecule has 0 unspecified atom stereocenters. The highest BCUT2D eigenvalue weighted by atomic mass is 32.1. The van der Waals surface area contributed by atoms with Crippen LogP contribution in [0, 0.1) is 5.82 Å². The van der Waals surface area contributed by atoms with Gasteiger partial charge in [-0.15, -0.1) is 0 Å². The summed E-state index contributed by atoms with van der Waals surface area (Å²) in [6.45, 7) is -0.109. The summed E-state index contributed by atoms with van der Waals surface area (Å²) in [4.78, 5) is 39.2. The van der Waals surface area contributed by atoms with Gasteiger partial charge < -0.3 is 16.8 Å². The zero-order valence-electron chi connectivity index (χ0n) is 19.7. The van der Waals surface area contributed by atoms with Gasteiger partial charge in [0, 0.05) is 12.2 Å². The second-order valence-corrected chi connectivity index (χ2v) is 9.63. The van der Waals surface area contributed by atoms with Crippen molar-refractivity contribution in [1.82, 2.24) is 9.69 Å². The number of hydrogen-bond donors (Lipinski definition) is 3. The van der Waals surface area contributed by atoms with Gasteiger partial charge in [-0.25, -0.2) is 4.39 Å². The van der Waals surface area contributed by atoms with E-state index in [1.54, 1.807) is 12.1 Å². The number of anilines is 2. The van der Waals surface area contributed by atoms with Crippen molar-refractivity contribution in [1.29, 1.82) is 0 Å². The van der Waals surface area contributed by atoms with Gasteiger partial charge >= 0.3 is 0 Å². The molecule has 1 fully saturated rings. The first-order valence-electron chi connectivity index (χ1n) is 11.8. The normalized spacial score (nSPS) is 13.8. The predicted molar refractivity (Wildman–Crippen MR) is 137 cm³/mol. The second kappa shape index (κ2) is 11.3. The van der Waals surface area contributed by atoms with Gasteiger partial charge in [0.2, 0.25) is 5.91 Å². The van der Waals surface area contributed by atoms with Gasteiger partial charge in [-0.3, -0.25) is 19.3 Å². The quantitative estimate of drug-likeness (QED) is 0.423. The maximum absolute atomic E-state index is 13.5. The molecular weight excluding hydrogens is 481 g/mol. The molecule has 1 saturated carbocycles. The van der Waals surface area contributed by atoms with Gasteiger partial charge in [0.15, 0.2) is 5.69 Å². The number of nitrogens with zero attached hydrogens (tertiary/aromatic N) is 2. The predicted octanol–water partition coefficient (Wildman–Crippen LogP) is 3.97. The van der Waals surface area contributed by atoms with Crippen molar-refractivity contribution in [2.45, 2.75) is 44.6 Å². The Morgan fingerprint density at radius 2 is 1.69 bits per heavy atom. The molecule has 1 aliphatic rings. The van der Waals surface area contributed by atoms with Crippen LogP contribution < -0.4 is 21.7 Å². The van der Waals surface area contributed by atoms with Gasteiger partial charge in [-0.1, -0.05) is 43.5 Å². The topological polar surface area (TPSA) is 131 Å². The van der Waals surface area contributed by atoms with Crippen LogP contribution in [-0.4, -0.2) is 28.6 Å². The van der Waals surface area contributed by atoms with E-state index in [0.29, 0.717) is 11.6 Å². The summed E-state index contributed by atoms with van der Waals surface area (Å²) in [5.74, 6) is -1.67. The molecule has 0 aliphatic heterocycles. The van der Waals surface area contributed by atoms with E-state index in [9.17, 15) is 18.8 Å². The maximum Gasteiger partial charge on any atom is 0.272 e. The standard InChI is InChI=1S/C26H28FN5O3S/c27-19-10-6-16(7-11-19)14-30-21(33)15-32(26(35)24-22(28)23(25(29)34)31-36-24)20-12-8-18(9-13-20)17-4-2-1-3-5-17/h6-13,17H,1-5,14-15,28H2,(H2,29,34)(H,30,33). The SMILES string of the molecule is NC(=O)c1nsc(C(=O)N(CC(=O)NCc2ccc(F)cc2)c2ccc(C3CCCCC3)cc2)c1N. The van der Waals surface area contributed by atoms with Crippen LogP contribution >= 0.6 is 11.5 Å². The Labute approximate surface area is 212 Å². The third kappa shape index (κ3) is 5.88. The van der Waals surface area contributed by atoms with Crippen molar-refractivity contribution in [3.63, 3.8) is 0 Å². The number of carbonyl (C=O) groups excluding carboxylic acids is 3. The van der Waals surface area contributed by atoms with E-state index in [4.69, 9.17) is 11.5 Å². The summed E-state index contributed by atoms with van der Waals surface area (Å²) in [7, 11) is 0. The summed E-state index contributed by atoms with van der Waals surface area (Å²) in [5.41, 5.74) is 13.5. The molecule has 10 heteroatoms. The summed E-state index contributed by atoms with van der Waals surface area (Å²) in [6.07, 6.45) is 5.95. The number of halogens is 1. The first-order valence-corrected chi connectivity index (χ1v) is 12.6. The summed E-state index contributed by atoms with van der Waals surface area (Å²) >= 11 is 0.766. The molecule has 0 atom stereocenters. The number of carbonyl (C=O) groups is 3. The van der Waals surface area contributed by atoms with Crippen LogP contribution in [0.15, 0.2) is 48.5 Å². The third-order valence-electron chi connectivity index (χ3n) is 6.39. The van der Waals surface area contributed by atoms with Crippen molar-refractivity contribution in [2.24, 2.45) is 5.73 Å². The molecule has 5 N–H and O–H groups in total. The number of amides is 3. The van der Waals surface area contributed by atoms with Crippen LogP contribution in [0.5, 0.6) is 0 Å². The summed E-state index contributed by atoms with van der Waals surface area (Å²) < 4.78 is 17.1. The number of rotatable bonds is 8. The van der Waals surface area contributed by atoms with Crippen LogP contribution in [-0.2, 0) is 11.3 Å². The Balaban J connectivity index is 1.55. The second-order valence-electron chi connectivity index (χ2n) is 8.86. The summed E-state index contributed by atoms with van der Waals surface area (Å²) in [5, 5.41) is 2.75. The average Bonchev–Trinajstić information content (AvgIpc) is 3.29. The van der Waals surface area contributed by atoms with Gasteiger partial charge in [0.25, 0.3) is 11.8 Å².